The quantitative estimate of drug-likeness (QED) is 0.487. The molecule has 0 aliphatic rings. The standard InChI is InChI=1S/C12H22N4O2S2/c1-2-4-15-12-16-10(13)9(20-12)11(18)14-5-8-19-7-3-6-17/h17H,2-8,13H2,1H3,(H,14,18)(H,15,16). The number of aliphatic hydroxyl groups excluding tert-OH is 1. The molecule has 1 aromatic heterocycles. The Morgan fingerprint density at radius 3 is 2.95 bits per heavy atom. The summed E-state index contributed by atoms with van der Waals surface area (Å²) < 4.78 is 0. The van der Waals surface area contributed by atoms with E-state index in [1.165, 1.54) is 11.3 Å². The third-order valence-electron chi connectivity index (χ3n) is 2.36. The monoisotopic (exact) mass is 318 g/mol. The highest BCUT2D eigenvalue weighted by Crippen LogP contribution is 2.24. The van der Waals surface area contributed by atoms with E-state index in [9.17, 15) is 4.79 Å². The molecule has 0 spiro atoms. The van der Waals surface area contributed by atoms with Crippen molar-refractivity contribution in [2.24, 2.45) is 0 Å². The predicted octanol–water partition coefficient (Wildman–Crippen LogP) is 1.39. The summed E-state index contributed by atoms with van der Waals surface area (Å²) in [5.41, 5.74) is 5.75. The Hall–Kier alpha value is -0.990. The van der Waals surface area contributed by atoms with E-state index in [2.05, 4.69) is 22.5 Å². The van der Waals surface area contributed by atoms with E-state index in [0.29, 0.717) is 16.6 Å². The van der Waals surface area contributed by atoms with Crippen LogP contribution in [0.25, 0.3) is 0 Å². The van der Waals surface area contributed by atoms with Crippen LogP contribution in [0.5, 0.6) is 0 Å². The third kappa shape index (κ3) is 5.98. The van der Waals surface area contributed by atoms with Gasteiger partial charge in [0.15, 0.2) is 5.13 Å². The molecule has 20 heavy (non-hydrogen) atoms. The summed E-state index contributed by atoms with van der Waals surface area (Å²) in [6, 6.07) is 0. The fraction of sp³-hybridized carbons (Fsp3) is 0.667. The Labute approximate surface area is 127 Å². The van der Waals surface area contributed by atoms with Gasteiger partial charge in [-0.3, -0.25) is 4.79 Å². The second kappa shape index (κ2) is 9.84. The van der Waals surface area contributed by atoms with Crippen molar-refractivity contribution in [1.82, 2.24) is 10.3 Å². The molecule has 0 saturated carbocycles. The maximum absolute atomic E-state index is 11.9. The van der Waals surface area contributed by atoms with E-state index in [0.717, 1.165) is 30.9 Å². The first-order valence-corrected chi connectivity index (χ1v) is 8.63. The van der Waals surface area contributed by atoms with Gasteiger partial charge in [0.2, 0.25) is 0 Å². The summed E-state index contributed by atoms with van der Waals surface area (Å²) in [5.74, 6) is 1.83. The Morgan fingerprint density at radius 1 is 1.45 bits per heavy atom. The minimum atomic E-state index is -0.174. The number of carbonyl (C=O) groups is 1. The number of aliphatic hydroxyl groups is 1. The summed E-state index contributed by atoms with van der Waals surface area (Å²) in [7, 11) is 0. The average molecular weight is 318 g/mol. The van der Waals surface area contributed by atoms with E-state index in [-0.39, 0.29) is 18.3 Å². The van der Waals surface area contributed by atoms with Crippen LogP contribution in [0, 0.1) is 0 Å². The van der Waals surface area contributed by atoms with Crippen LogP contribution in [0.15, 0.2) is 0 Å². The molecule has 1 rings (SSSR count). The van der Waals surface area contributed by atoms with E-state index < -0.39 is 0 Å². The van der Waals surface area contributed by atoms with Crippen molar-refractivity contribution < 1.29 is 9.90 Å². The van der Waals surface area contributed by atoms with Gasteiger partial charge in [-0.05, 0) is 18.6 Å². The molecule has 1 amide bonds. The van der Waals surface area contributed by atoms with Crippen molar-refractivity contribution in [3.05, 3.63) is 4.88 Å². The van der Waals surface area contributed by atoms with Crippen LogP contribution in [0.4, 0.5) is 10.9 Å². The van der Waals surface area contributed by atoms with Crippen molar-refractivity contribution in [3.8, 4) is 0 Å². The lowest BCUT2D eigenvalue weighted by Crippen LogP contribution is -2.25. The molecule has 6 nitrogen and oxygen atoms in total. The zero-order valence-corrected chi connectivity index (χ0v) is 13.3. The average Bonchev–Trinajstić information content (AvgIpc) is 2.81. The number of carbonyl (C=O) groups excluding carboxylic acids is 1. The number of amides is 1. The number of thioether (sulfide) groups is 1. The van der Waals surface area contributed by atoms with Gasteiger partial charge in [0.25, 0.3) is 5.91 Å². The van der Waals surface area contributed by atoms with E-state index in [4.69, 9.17) is 10.8 Å². The molecular weight excluding hydrogens is 296 g/mol. The molecule has 0 unspecified atom stereocenters. The third-order valence-corrected chi connectivity index (χ3v) is 4.46. The van der Waals surface area contributed by atoms with Crippen LogP contribution >= 0.6 is 23.1 Å². The smallest absolute Gasteiger partial charge is 0.265 e. The first-order valence-electron chi connectivity index (χ1n) is 6.66. The highest BCUT2D eigenvalue weighted by molar-refractivity contribution is 7.99. The molecule has 0 bridgehead atoms. The number of rotatable bonds is 10. The SMILES string of the molecule is CCCNc1nc(N)c(C(=O)NCCSCCCO)s1. The molecule has 1 heterocycles. The first kappa shape index (κ1) is 17.1. The topological polar surface area (TPSA) is 100 Å². The minimum absolute atomic E-state index is 0.174. The zero-order chi connectivity index (χ0) is 14.8. The van der Waals surface area contributed by atoms with Gasteiger partial charge in [0.05, 0.1) is 0 Å². The van der Waals surface area contributed by atoms with Gasteiger partial charge in [0, 0.05) is 25.4 Å². The lowest BCUT2D eigenvalue weighted by Gasteiger charge is -2.03. The Bertz CT molecular complexity index is 412. The van der Waals surface area contributed by atoms with Gasteiger partial charge in [-0.25, -0.2) is 4.98 Å². The highest BCUT2D eigenvalue weighted by atomic mass is 32.2. The zero-order valence-electron chi connectivity index (χ0n) is 11.6. The number of hydrogen-bond donors (Lipinski definition) is 4. The summed E-state index contributed by atoms with van der Waals surface area (Å²) in [4.78, 5) is 16.5. The van der Waals surface area contributed by atoms with Gasteiger partial charge < -0.3 is 21.5 Å². The van der Waals surface area contributed by atoms with Gasteiger partial charge in [-0.1, -0.05) is 18.3 Å². The molecule has 0 fully saturated rings. The van der Waals surface area contributed by atoms with Crippen molar-refractivity contribution in [3.63, 3.8) is 0 Å². The summed E-state index contributed by atoms with van der Waals surface area (Å²) in [5, 5.41) is 15.3. The number of anilines is 2. The Kier molecular flexibility index (Phi) is 8.40. The van der Waals surface area contributed by atoms with Crippen molar-refractivity contribution >= 4 is 40.0 Å². The van der Waals surface area contributed by atoms with Crippen LogP contribution in [0.2, 0.25) is 0 Å². The molecule has 0 aliphatic carbocycles. The summed E-state index contributed by atoms with van der Waals surface area (Å²) in [6.07, 6.45) is 1.78. The van der Waals surface area contributed by atoms with Crippen molar-refractivity contribution in [2.75, 3.05) is 42.3 Å². The van der Waals surface area contributed by atoms with Crippen molar-refractivity contribution in [1.29, 1.82) is 0 Å². The molecular formula is C12H22N4O2S2. The highest BCUT2D eigenvalue weighted by Gasteiger charge is 2.15. The number of nitrogens with one attached hydrogen (secondary N) is 2. The second-order valence-electron chi connectivity index (χ2n) is 4.11. The number of hydrogen-bond acceptors (Lipinski definition) is 7. The molecule has 1 aromatic rings. The summed E-state index contributed by atoms with van der Waals surface area (Å²) >= 11 is 2.99. The Balaban J connectivity index is 2.33. The lowest BCUT2D eigenvalue weighted by molar-refractivity contribution is 0.0961. The summed E-state index contributed by atoms with van der Waals surface area (Å²) in [6.45, 7) is 3.68. The van der Waals surface area contributed by atoms with E-state index >= 15 is 0 Å². The largest absolute Gasteiger partial charge is 0.396 e. The van der Waals surface area contributed by atoms with E-state index in [1.807, 2.05) is 0 Å². The normalized spacial score (nSPS) is 10.5. The molecule has 8 heteroatoms. The van der Waals surface area contributed by atoms with Gasteiger partial charge >= 0.3 is 0 Å². The molecule has 0 saturated heterocycles. The fourth-order valence-corrected chi connectivity index (χ4v) is 3.00. The Morgan fingerprint density at radius 2 is 2.25 bits per heavy atom. The van der Waals surface area contributed by atoms with Crippen molar-refractivity contribution in [2.45, 2.75) is 19.8 Å². The molecule has 5 N–H and O–H groups in total. The van der Waals surface area contributed by atoms with Crippen LogP contribution in [0.1, 0.15) is 29.4 Å². The van der Waals surface area contributed by atoms with Gasteiger partial charge in [-0.2, -0.15) is 11.8 Å². The van der Waals surface area contributed by atoms with E-state index in [1.54, 1.807) is 11.8 Å². The lowest BCUT2D eigenvalue weighted by atomic mass is 10.4. The van der Waals surface area contributed by atoms with Crippen LogP contribution < -0.4 is 16.4 Å². The molecule has 0 aromatic carbocycles. The van der Waals surface area contributed by atoms with Crippen LogP contribution in [0.3, 0.4) is 0 Å². The number of aromatic nitrogens is 1. The number of nitrogens with two attached hydrogens (primary N) is 1. The first-order chi connectivity index (χ1) is 9.69. The number of thiazole rings is 1. The molecule has 0 radical (unpaired) electrons. The second-order valence-corrected chi connectivity index (χ2v) is 6.33. The number of nitrogen functional groups attached to an aromatic ring is 1. The van der Waals surface area contributed by atoms with Crippen LogP contribution in [-0.2, 0) is 0 Å². The maximum Gasteiger partial charge on any atom is 0.265 e. The molecule has 114 valence electrons. The number of nitrogens with zero attached hydrogens (tertiary/aromatic N) is 1. The van der Waals surface area contributed by atoms with Crippen LogP contribution in [-0.4, -0.2) is 47.2 Å². The minimum Gasteiger partial charge on any atom is -0.396 e. The fourth-order valence-electron chi connectivity index (χ4n) is 1.39. The maximum atomic E-state index is 11.9. The molecule has 0 atom stereocenters. The predicted molar refractivity (Wildman–Crippen MR) is 86.7 cm³/mol. The van der Waals surface area contributed by atoms with Gasteiger partial charge in [0.1, 0.15) is 10.7 Å². The molecule has 0 aliphatic heterocycles. The van der Waals surface area contributed by atoms with Gasteiger partial charge in [-0.15, -0.1) is 0 Å².